The van der Waals surface area contributed by atoms with Gasteiger partial charge in [-0.05, 0) is 25.7 Å². The molecule has 0 spiro atoms. The van der Waals surface area contributed by atoms with Crippen molar-refractivity contribution in [3.8, 4) is 0 Å². The maximum atomic E-state index is 2.35. The Labute approximate surface area is 116 Å². The largest absolute Gasteiger partial charge is 0.0882 e. The first-order valence-corrected chi connectivity index (χ1v) is 8.40. The molecule has 0 aromatic carbocycles. The molecule has 0 aromatic rings. The lowest BCUT2D eigenvalue weighted by Gasteiger charge is -1.98. The number of rotatable bonds is 14. The quantitative estimate of drug-likeness (QED) is 0.296. The van der Waals surface area contributed by atoms with Crippen LogP contribution in [0.4, 0.5) is 0 Å². The number of hydrogen-bond acceptors (Lipinski definition) is 0. The average molecular weight is 251 g/mol. The molecular formula is C18H35. The van der Waals surface area contributed by atoms with Crippen LogP contribution in [-0.2, 0) is 0 Å². The summed E-state index contributed by atoms with van der Waals surface area (Å²) >= 11 is 0. The van der Waals surface area contributed by atoms with Crippen molar-refractivity contribution in [2.75, 3.05) is 0 Å². The van der Waals surface area contributed by atoms with Gasteiger partial charge in [0.1, 0.15) is 0 Å². The van der Waals surface area contributed by atoms with E-state index in [0.717, 1.165) is 0 Å². The first kappa shape index (κ1) is 17.7. The number of allylic oxidation sites excluding steroid dienone is 2. The van der Waals surface area contributed by atoms with Crippen LogP contribution in [-0.4, -0.2) is 0 Å². The van der Waals surface area contributed by atoms with Crippen molar-refractivity contribution in [2.45, 2.75) is 97.3 Å². The van der Waals surface area contributed by atoms with Crippen LogP contribution in [0.15, 0.2) is 12.2 Å². The molecule has 0 amide bonds. The third-order valence-corrected chi connectivity index (χ3v) is 3.47. The fourth-order valence-corrected chi connectivity index (χ4v) is 2.20. The Balaban J connectivity index is 3.00. The Morgan fingerprint density at radius 2 is 1.06 bits per heavy atom. The van der Waals surface area contributed by atoms with Gasteiger partial charge in [0.15, 0.2) is 0 Å². The summed E-state index contributed by atoms with van der Waals surface area (Å²) in [4.78, 5) is 0. The van der Waals surface area contributed by atoms with Crippen molar-refractivity contribution in [3.63, 3.8) is 0 Å². The zero-order chi connectivity index (χ0) is 13.3. The van der Waals surface area contributed by atoms with E-state index in [0.29, 0.717) is 0 Å². The van der Waals surface area contributed by atoms with Crippen molar-refractivity contribution in [3.05, 3.63) is 18.6 Å². The molecule has 0 fully saturated rings. The lowest BCUT2D eigenvalue weighted by molar-refractivity contribution is 0.611. The molecule has 0 heteroatoms. The monoisotopic (exact) mass is 251 g/mol. The molecule has 1 radical (unpaired) electrons. The summed E-state index contributed by atoms with van der Waals surface area (Å²) in [5, 5.41) is 0. The van der Waals surface area contributed by atoms with E-state index in [4.69, 9.17) is 0 Å². The van der Waals surface area contributed by atoms with Crippen LogP contribution < -0.4 is 0 Å². The fraction of sp³-hybridized carbons (Fsp3) is 0.833. The van der Waals surface area contributed by atoms with Crippen LogP contribution in [0, 0.1) is 6.42 Å². The SMILES string of the molecule is CCCCCCC[CH]/C=C/CCCCCCCC. The molecule has 0 saturated heterocycles. The Hall–Kier alpha value is -0.260. The zero-order valence-electron chi connectivity index (χ0n) is 12.9. The van der Waals surface area contributed by atoms with E-state index in [1.54, 1.807) is 0 Å². The molecule has 0 bridgehead atoms. The highest BCUT2D eigenvalue weighted by molar-refractivity contribution is 4.94. The van der Waals surface area contributed by atoms with E-state index in [1.807, 2.05) is 0 Å². The second-order valence-corrected chi connectivity index (χ2v) is 5.42. The van der Waals surface area contributed by atoms with Crippen LogP contribution in [0.5, 0.6) is 0 Å². The van der Waals surface area contributed by atoms with Gasteiger partial charge in [-0.15, -0.1) is 0 Å². The van der Waals surface area contributed by atoms with Gasteiger partial charge in [0.2, 0.25) is 0 Å². The molecule has 0 aliphatic heterocycles. The van der Waals surface area contributed by atoms with Crippen molar-refractivity contribution in [1.29, 1.82) is 0 Å². The highest BCUT2D eigenvalue weighted by Gasteiger charge is 1.89. The molecule has 0 atom stereocenters. The van der Waals surface area contributed by atoms with Gasteiger partial charge in [-0.1, -0.05) is 90.2 Å². The Morgan fingerprint density at radius 3 is 1.67 bits per heavy atom. The van der Waals surface area contributed by atoms with Crippen LogP contribution in [0.1, 0.15) is 97.3 Å². The Morgan fingerprint density at radius 1 is 0.556 bits per heavy atom. The predicted molar refractivity (Wildman–Crippen MR) is 84.8 cm³/mol. The minimum atomic E-state index is 1.27. The van der Waals surface area contributed by atoms with E-state index >= 15 is 0 Å². The molecule has 107 valence electrons. The third kappa shape index (κ3) is 15.7. The standard InChI is InChI=1S/C18H35/c1-3-5-7-9-11-13-15-17-18-16-14-12-10-8-6-4-2/h15,17-18H,3-14,16H2,1-2H3/b18-17+. The Kier molecular flexibility index (Phi) is 16.5. The molecule has 0 rings (SSSR count). The highest BCUT2D eigenvalue weighted by atomic mass is 14.0. The summed E-state index contributed by atoms with van der Waals surface area (Å²) in [5.41, 5.74) is 0. The van der Waals surface area contributed by atoms with Gasteiger partial charge in [0.05, 0.1) is 0 Å². The maximum absolute atomic E-state index is 2.35. The minimum absolute atomic E-state index is 1.27. The molecule has 0 aliphatic rings. The second kappa shape index (κ2) is 16.7. The van der Waals surface area contributed by atoms with Crippen molar-refractivity contribution in [2.24, 2.45) is 0 Å². The van der Waals surface area contributed by atoms with Gasteiger partial charge in [-0.2, -0.15) is 0 Å². The fourth-order valence-electron chi connectivity index (χ4n) is 2.20. The third-order valence-electron chi connectivity index (χ3n) is 3.47. The predicted octanol–water partition coefficient (Wildman–Crippen LogP) is 6.86. The van der Waals surface area contributed by atoms with E-state index in [2.05, 4.69) is 32.4 Å². The van der Waals surface area contributed by atoms with Crippen molar-refractivity contribution in [1.82, 2.24) is 0 Å². The zero-order valence-corrected chi connectivity index (χ0v) is 12.9. The first-order valence-electron chi connectivity index (χ1n) is 8.40. The number of unbranched alkanes of at least 4 members (excludes halogenated alkanes) is 12. The normalized spacial score (nSPS) is 11.4. The molecule has 0 saturated carbocycles. The molecule has 0 unspecified atom stereocenters. The molecule has 0 aromatic heterocycles. The summed E-state index contributed by atoms with van der Waals surface area (Å²) in [6.07, 6.45) is 24.9. The van der Waals surface area contributed by atoms with Crippen LogP contribution >= 0.6 is 0 Å². The maximum Gasteiger partial charge on any atom is -0.0171 e. The smallest absolute Gasteiger partial charge is 0.0171 e. The van der Waals surface area contributed by atoms with Crippen LogP contribution in [0.3, 0.4) is 0 Å². The van der Waals surface area contributed by atoms with Gasteiger partial charge in [-0.3, -0.25) is 0 Å². The number of hydrogen-bond donors (Lipinski definition) is 0. The molecule has 0 heterocycles. The van der Waals surface area contributed by atoms with E-state index in [9.17, 15) is 0 Å². The van der Waals surface area contributed by atoms with Gasteiger partial charge < -0.3 is 0 Å². The lowest BCUT2D eigenvalue weighted by atomic mass is 10.1. The van der Waals surface area contributed by atoms with Gasteiger partial charge in [-0.25, -0.2) is 0 Å². The van der Waals surface area contributed by atoms with E-state index in [1.165, 1.54) is 83.5 Å². The van der Waals surface area contributed by atoms with Crippen molar-refractivity contribution < 1.29 is 0 Å². The van der Waals surface area contributed by atoms with E-state index in [-0.39, 0.29) is 0 Å². The second-order valence-electron chi connectivity index (χ2n) is 5.42. The average Bonchev–Trinajstić information content (AvgIpc) is 2.39. The van der Waals surface area contributed by atoms with Gasteiger partial charge in [0, 0.05) is 0 Å². The van der Waals surface area contributed by atoms with Crippen LogP contribution in [0.25, 0.3) is 0 Å². The lowest BCUT2D eigenvalue weighted by Crippen LogP contribution is -1.79. The van der Waals surface area contributed by atoms with Gasteiger partial charge >= 0.3 is 0 Å². The molecular weight excluding hydrogens is 216 g/mol. The van der Waals surface area contributed by atoms with E-state index < -0.39 is 0 Å². The Bertz CT molecular complexity index is 139. The van der Waals surface area contributed by atoms with Crippen molar-refractivity contribution >= 4 is 0 Å². The summed E-state index contributed by atoms with van der Waals surface area (Å²) in [5.74, 6) is 0. The molecule has 0 aliphatic carbocycles. The molecule has 0 N–H and O–H groups in total. The highest BCUT2D eigenvalue weighted by Crippen LogP contribution is 2.09. The minimum Gasteiger partial charge on any atom is -0.0882 e. The summed E-state index contributed by atoms with van der Waals surface area (Å²) in [7, 11) is 0. The topological polar surface area (TPSA) is 0 Å². The summed E-state index contributed by atoms with van der Waals surface area (Å²) in [6.45, 7) is 4.55. The van der Waals surface area contributed by atoms with Crippen LogP contribution in [0.2, 0.25) is 0 Å². The molecule has 18 heavy (non-hydrogen) atoms. The first-order chi connectivity index (χ1) is 8.91. The van der Waals surface area contributed by atoms with Gasteiger partial charge in [0.25, 0.3) is 0 Å². The summed E-state index contributed by atoms with van der Waals surface area (Å²) in [6, 6.07) is 0. The molecule has 0 nitrogen and oxygen atoms in total. The summed E-state index contributed by atoms with van der Waals surface area (Å²) < 4.78 is 0.